The van der Waals surface area contributed by atoms with Crippen LogP contribution < -0.4 is 10.9 Å². The van der Waals surface area contributed by atoms with E-state index in [0.717, 1.165) is 5.39 Å². The smallest absolute Gasteiger partial charge is 0.275 e. The second kappa shape index (κ2) is 6.89. The number of hydrogen-bond acceptors (Lipinski definition) is 5. The number of benzene rings is 1. The largest absolute Gasteiger partial charge is 0.376 e. The first-order valence-corrected chi connectivity index (χ1v) is 7.62. The number of aromatic nitrogens is 2. The maximum absolute atomic E-state index is 12.3. The molecule has 23 heavy (non-hydrogen) atoms. The van der Waals surface area contributed by atoms with Crippen molar-refractivity contribution in [2.75, 3.05) is 19.8 Å². The number of carbonyl (C=O) groups excluding carboxylic acids is 1. The van der Waals surface area contributed by atoms with Gasteiger partial charge in [0.1, 0.15) is 12.6 Å². The average molecular weight is 317 g/mol. The Bertz CT molecular complexity index is 758. The molecule has 0 saturated carbocycles. The lowest BCUT2D eigenvalue weighted by Crippen LogP contribution is -2.46. The van der Waals surface area contributed by atoms with Gasteiger partial charge < -0.3 is 14.8 Å². The van der Waals surface area contributed by atoms with Crippen LogP contribution in [0.1, 0.15) is 6.92 Å². The third kappa shape index (κ3) is 3.40. The van der Waals surface area contributed by atoms with Crippen LogP contribution in [-0.2, 0) is 20.8 Å². The van der Waals surface area contributed by atoms with E-state index in [1.807, 2.05) is 19.1 Å². The van der Waals surface area contributed by atoms with Gasteiger partial charge in [0.2, 0.25) is 5.91 Å². The van der Waals surface area contributed by atoms with Gasteiger partial charge in [0.25, 0.3) is 5.56 Å². The molecule has 2 heterocycles. The Morgan fingerprint density at radius 1 is 1.43 bits per heavy atom. The number of rotatable bonds is 5. The van der Waals surface area contributed by atoms with Crippen molar-refractivity contribution in [1.29, 1.82) is 0 Å². The standard InChI is InChI=1S/C16H19N3O4/c1-2-23-14-10-22-9-13(14)18-15(20)8-19-16(21)12-6-4-3-5-11(12)7-17-19/h3-7,13-14H,2,8-10H2,1H3,(H,18,20). The maximum atomic E-state index is 12.3. The van der Waals surface area contributed by atoms with E-state index in [0.29, 0.717) is 25.2 Å². The molecular formula is C16H19N3O4. The summed E-state index contributed by atoms with van der Waals surface area (Å²) in [4.78, 5) is 24.5. The molecular weight excluding hydrogens is 298 g/mol. The minimum Gasteiger partial charge on any atom is -0.376 e. The molecule has 0 spiro atoms. The predicted octanol–water partition coefficient (Wildman–Crippen LogP) is 0.317. The molecule has 1 aliphatic rings. The molecule has 1 fully saturated rings. The topological polar surface area (TPSA) is 82.4 Å². The molecule has 1 aromatic heterocycles. The summed E-state index contributed by atoms with van der Waals surface area (Å²) in [6.45, 7) is 3.21. The van der Waals surface area contributed by atoms with Gasteiger partial charge in [0, 0.05) is 12.0 Å². The van der Waals surface area contributed by atoms with Crippen LogP contribution in [-0.4, -0.2) is 47.7 Å². The summed E-state index contributed by atoms with van der Waals surface area (Å²) in [5.74, 6) is -0.282. The van der Waals surface area contributed by atoms with Gasteiger partial charge in [-0.15, -0.1) is 0 Å². The number of ether oxygens (including phenoxy) is 2. The lowest BCUT2D eigenvalue weighted by Gasteiger charge is -2.19. The van der Waals surface area contributed by atoms with Gasteiger partial charge in [0.05, 0.1) is 30.8 Å². The molecule has 3 rings (SSSR count). The number of nitrogens with zero attached hydrogens (tertiary/aromatic N) is 2. The van der Waals surface area contributed by atoms with E-state index in [4.69, 9.17) is 9.47 Å². The molecule has 0 bridgehead atoms. The number of hydrogen-bond donors (Lipinski definition) is 1. The maximum Gasteiger partial charge on any atom is 0.275 e. The van der Waals surface area contributed by atoms with Crippen molar-refractivity contribution in [2.24, 2.45) is 0 Å². The summed E-state index contributed by atoms with van der Waals surface area (Å²) in [7, 11) is 0. The highest BCUT2D eigenvalue weighted by atomic mass is 16.5. The van der Waals surface area contributed by atoms with Crippen molar-refractivity contribution < 1.29 is 14.3 Å². The Balaban J connectivity index is 1.71. The van der Waals surface area contributed by atoms with Crippen molar-refractivity contribution in [2.45, 2.75) is 25.6 Å². The van der Waals surface area contributed by atoms with Gasteiger partial charge in [0.15, 0.2) is 0 Å². The van der Waals surface area contributed by atoms with Crippen molar-refractivity contribution in [3.8, 4) is 0 Å². The van der Waals surface area contributed by atoms with E-state index in [1.165, 1.54) is 4.68 Å². The number of carbonyl (C=O) groups is 1. The lowest BCUT2D eigenvalue weighted by molar-refractivity contribution is -0.123. The Morgan fingerprint density at radius 3 is 3.09 bits per heavy atom. The van der Waals surface area contributed by atoms with Crippen LogP contribution in [0.15, 0.2) is 35.3 Å². The zero-order valence-corrected chi connectivity index (χ0v) is 12.9. The van der Waals surface area contributed by atoms with Crippen LogP contribution in [0.4, 0.5) is 0 Å². The van der Waals surface area contributed by atoms with Crippen molar-refractivity contribution in [3.05, 3.63) is 40.8 Å². The molecule has 0 radical (unpaired) electrons. The lowest BCUT2D eigenvalue weighted by atomic mass is 10.2. The number of nitrogens with one attached hydrogen (secondary N) is 1. The van der Waals surface area contributed by atoms with E-state index >= 15 is 0 Å². The van der Waals surface area contributed by atoms with E-state index in [-0.39, 0.29) is 30.2 Å². The van der Waals surface area contributed by atoms with Crippen LogP contribution in [0.2, 0.25) is 0 Å². The molecule has 2 unspecified atom stereocenters. The van der Waals surface area contributed by atoms with Gasteiger partial charge in [-0.2, -0.15) is 5.10 Å². The van der Waals surface area contributed by atoms with Crippen LogP contribution in [0.3, 0.4) is 0 Å². The molecule has 1 aliphatic heterocycles. The average Bonchev–Trinajstić information content (AvgIpc) is 2.98. The minimum absolute atomic E-state index is 0.126. The predicted molar refractivity (Wildman–Crippen MR) is 84.2 cm³/mol. The highest BCUT2D eigenvalue weighted by molar-refractivity contribution is 5.81. The van der Waals surface area contributed by atoms with Gasteiger partial charge >= 0.3 is 0 Å². The minimum atomic E-state index is -0.282. The summed E-state index contributed by atoms with van der Waals surface area (Å²) in [5, 5.41) is 8.21. The van der Waals surface area contributed by atoms with Crippen LogP contribution in [0.5, 0.6) is 0 Å². The first kappa shape index (κ1) is 15.6. The van der Waals surface area contributed by atoms with Crippen LogP contribution >= 0.6 is 0 Å². The fourth-order valence-electron chi connectivity index (χ4n) is 2.68. The molecule has 2 aromatic rings. The van der Waals surface area contributed by atoms with Gasteiger partial charge in [-0.25, -0.2) is 4.68 Å². The zero-order chi connectivity index (χ0) is 16.2. The van der Waals surface area contributed by atoms with E-state index in [1.54, 1.807) is 18.3 Å². The van der Waals surface area contributed by atoms with Gasteiger partial charge in [-0.1, -0.05) is 18.2 Å². The summed E-state index contributed by atoms with van der Waals surface area (Å²) in [6, 6.07) is 6.98. The molecule has 1 aromatic carbocycles. The van der Waals surface area contributed by atoms with Crippen molar-refractivity contribution >= 4 is 16.7 Å². The molecule has 0 aliphatic carbocycles. The SMILES string of the molecule is CCOC1COCC1NC(=O)Cn1ncc2ccccc2c1=O. The zero-order valence-electron chi connectivity index (χ0n) is 12.9. The van der Waals surface area contributed by atoms with Gasteiger partial charge in [-0.3, -0.25) is 9.59 Å². The fraction of sp³-hybridized carbons (Fsp3) is 0.438. The normalized spacial score (nSPS) is 20.7. The van der Waals surface area contributed by atoms with Gasteiger partial charge in [-0.05, 0) is 13.0 Å². The molecule has 1 amide bonds. The number of amides is 1. The molecule has 122 valence electrons. The summed E-state index contributed by atoms with van der Waals surface area (Å²) < 4.78 is 12.0. The second-order valence-corrected chi connectivity index (χ2v) is 5.40. The van der Waals surface area contributed by atoms with Crippen molar-refractivity contribution in [3.63, 3.8) is 0 Å². The number of fused-ring (bicyclic) bond motifs is 1. The molecule has 7 heteroatoms. The first-order chi connectivity index (χ1) is 11.2. The Morgan fingerprint density at radius 2 is 2.26 bits per heavy atom. The Kier molecular flexibility index (Phi) is 4.68. The summed E-state index contributed by atoms with van der Waals surface area (Å²) in [5.41, 5.74) is -0.276. The van der Waals surface area contributed by atoms with Crippen molar-refractivity contribution in [1.82, 2.24) is 15.1 Å². The van der Waals surface area contributed by atoms with Crippen LogP contribution in [0.25, 0.3) is 10.8 Å². The third-order valence-electron chi connectivity index (χ3n) is 3.81. The molecule has 7 nitrogen and oxygen atoms in total. The van der Waals surface area contributed by atoms with E-state index in [9.17, 15) is 9.59 Å². The second-order valence-electron chi connectivity index (χ2n) is 5.40. The monoisotopic (exact) mass is 317 g/mol. The van der Waals surface area contributed by atoms with E-state index < -0.39 is 0 Å². The molecule has 1 N–H and O–H groups in total. The quantitative estimate of drug-likeness (QED) is 0.858. The highest BCUT2D eigenvalue weighted by Crippen LogP contribution is 2.10. The van der Waals surface area contributed by atoms with E-state index in [2.05, 4.69) is 10.4 Å². The summed E-state index contributed by atoms with van der Waals surface area (Å²) in [6.07, 6.45) is 1.44. The summed E-state index contributed by atoms with van der Waals surface area (Å²) >= 11 is 0. The molecule has 1 saturated heterocycles. The van der Waals surface area contributed by atoms with Crippen LogP contribution in [0, 0.1) is 0 Å². The first-order valence-electron chi connectivity index (χ1n) is 7.62. The third-order valence-corrected chi connectivity index (χ3v) is 3.81. The Labute approximate surface area is 133 Å². The highest BCUT2D eigenvalue weighted by Gasteiger charge is 2.30. The Hall–Kier alpha value is -2.25. The molecule has 2 atom stereocenters. The fourth-order valence-corrected chi connectivity index (χ4v) is 2.68.